The normalized spacial score (nSPS) is 11.4. The molecule has 0 radical (unpaired) electrons. The summed E-state index contributed by atoms with van der Waals surface area (Å²) >= 11 is 5.95. The van der Waals surface area contributed by atoms with Gasteiger partial charge in [0.2, 0.25) is 11.2 Å². The van der Waals surface area contributed by atoms with Crippen molar-refractivity contribution in [2.24, 2.45) is 0 Å². The van der Waals surface area contributed by atoms with E-state index in [2.05, 4.69) is 10.1 Å². The highest BCUT2D eigenvalue weighted by Crippen LogP contribution is 2.26. The molecule has 0 aliphatic carbocycles. The highest BCUT2D eigenvalue weighted by atomic mass is 35.5. The maximum Gasteiger partial charge on any atom is 0.248 e. The quantitative estimate of drug-likeness (QED) is 0.782. The van der Waals surface area contributed by atoms with Gasteiger partial charge in [0.15, 0.2) is 0 Å². The van der Waals surface area contributed by atoms with E-state index in [-0.39, 0.29) is 11.9 Å². The minimum Gasteiger partial charge on any atom is -0.437 e. The summed E-state index contributed by atoms with van der Waals surface area (Å²) in [5.74, 6) is 1.07. The van der Waals surface area contributed by atoms with E-state index >= 15 is 0 Å². The van der Waals surface area contributed by atoms with Gasteiger partial charge >= 0.3 is 0 Å². The Hall–Kier alpha value is -2.37. The van der Waals surface area contributed by atoms with Crippen molar-refractivity contribution in [3.8, 4) is 11.6 Å². The molecule has 0 aliphatic heterocycles. The summed E-state index contributed by atoms with van der Waals surface area (Å²) in [5, 5.41) is 13.1. The molecule has 0 amide bonds. The Kier molecular flexibility index (Phi) is 4.37. The number of hydrogen-bond donors (Lipinski definition) is 1. The number of aliphatic hydroxyl groups excluding tert-OH is 1. The predicted octanol–water partition coefficient (Wildman–Crippen LogP) is 3.57. The second-order valence-electron chi connectivity index (χ2n) is 4.62. The Bertz CT molecular complexity index is 800. The van der Waals surface area contributed by atoms with Crippen molar-refractivity contribution < 1.29 is 9.84 Å². The summed E-state index contributed by atoms with van der Waals surface area (Å²) in [6.07, 6.45) is 6.23. The van der Waals surface area contributed by atoms with E-state index in [0.717, 1.165) is 11.1 Å². The van der Waals surface area contributed by atoms with Crippen LogP contribution in [0.25, 0.3) is 11.6 Å². The fourth-order valence-electron chi connectivity index (χ4n) is 2.03. The first kappa shape index (κ1) is 14.6. The molecule has 22 heavy (non-hydrogen) atoms. The molecule has 0 saturated heterocycles. The van der Waals surface area contributed by atoms with Gasteiger partial charge in [-0.25, -0.2) is 4.52 Å². The fourth-order valence-corrected chi connectivity index (χ4v) is 2.19. The first-order chi connectivity index (χ1) is 10.8. The first-order valence-electron chi connectivity index (χ1n) is 6.82. The van der Waals surface area contributed by atoms with Crippen LogP contribution < -0.4 is 4.74 Å². The number of rotatable bonds is 5. The molecule has 0 saturated carbocycles. The van der Waals surface area contributed by atoms with Crippen LogP contribution in [0.15, 0.2) is 48.7 Å². The van der Waals surface area contributed by atoms with Crippen LogP contribution in [0.5, 0.6) is 11.6 Å². The molecule has 0 atom stereocenters. The van der Waals surface area contributed by atoms with Crippen molar-refractivity contribution in [3.63, 3.8) is 0 Å². The maximum atomic E-state index is 8.81. The van der Waals surface area contributed by atoms with Gasteiger partial charge in [0.1, 0.15) is 11.3 Å². The number of hydrogen-bond acceptors (Lipinski definition) is 4. The van der Waals surface area contributed by atoms with Crippen molar-refractivity contribution in [2.75, 3.05) is 6.61 Å². The molecular weight excluding hydrogens is 302 g/mol. The first-order valence-corrected chi connectivity index (χ1v) is 7.20. The second-order valence-corrected chi connectivity index (χ2v) is 4.96. The lowest BCUT2D eigenvalue weighted by molar-refractivity contribution is 0.303. The minimum absolute atomic E-state index is 0.111. The summed E-state index contributed by atoms with van der Waals surface area (Å²) < 4.78 is 7.42. The topological polar surface area (TPSA) is 59.7 Å². The lowest BCUT2D eigenvalue weighted by Gasteiger charge is -2.06. The number of nitrogens with zero attached hydrogens (tertiary/aromatic N) is 3. The number of halogens is 1. The third kappa shape index (κ3) is 3.27. The molecule has 0 spiro atoms. The summed E-state index contributed by atoms with van der Waals surface area (Å²) in [6, 6.07) is 11.3. The molecule has 0 aliphatic rings. The summed E-state index contributed by atoms with van der Waals surface area (Å²) in [6.45, 7) is 0.123. The lowest BCUT2D eigenvalue weighted by atomic mass is 10.3. The molecule has 5 nitrogen and oxygen atoms in total. The van der Waals surface area contributed by atoms with Crippen molar-refractivity contribution in [1.82, 2.24) is 14.6 Å². The number of fused-ring (bicyclic) bond motifs is 1. The van der Waals surface area contributed by atoms with Crippen molar-refractivity contribution in [3.05, 3.63) is 59.5 Å². The SMILES string of the molecule is OCC/C=C/c1cc2c(Oc3ccccc3)nc(Cl)nn2c1. The lowest BCUT2D eigenvalue weighted by Crippen LogP contribution is -1.97. The molecule has 0 bridgehead atoms. The van der Waals surface area contributed by atoms with Crippen LogP contribution >= 0.6 is 11.6 Å². The van der Waals surface area contributed by atoms with Crippen LogP contribution in [-0.4, -0.2) is 26.3 Å². The van der Waals surface area contributed by atoms with Gasteiger partial charge in [-0.1, -0.05) is 30.4 Å². The van der Waals surface area contributed by atoms with Crippen molar-refractivity contribution >= 4 is 23.2 Å². The molecule has 0 unspecified atom stereocenters. The minimum atomic E-state index is 0.111. The molecule has 1 aromatic carbocycles. The van der Waals surface area contributed by atoms with E-state index in [4.69, 9.17) is 21.4 Å². The summed E-state index contributed by atoms with van der Waals surface area (Å²) in [5.41, 5.74) is 1.65. The van der Waals surface area contributed by atoms with Gasteiger partial charge in [0.25, 0.3) is 0 Å². The maximum absolute atomic E-state index is 8.81. The van der Waals surface area contributed by atoms with E-state index in [1.54, 1.807) is 4.52 Å². The molecular formula is C16H14ClN3O2. The van der Waals surface area contributed by atoms with Crippen LogP contribution in [-0.2, 0) is 0 Å². The molecule has 0 fully saturated rings. The van der Waals surface area contributed by atoms with Crippen LogP contribution in [0.3, 0.4) is 0 Å². The average molecular weight is 316 g/mol. The molecule has 1 N–H and O–H groups in total. The van der Waals surface area contributed by atoms with Gasteiger partial charge in [0.05, 0.1) is 0 Å². The van der Waals surface area contributed by atoms with Gasteiger partial charge in [-0.2, -0.15) is 4.98 Å². The second kappa shape index (κ2) is 6.60. The van der Waals surface area contributed by atoms with Crippen molar-refractivity contribution in [2.45, 2.75) is 6.42 Å². The highest BCUT2D eigenvalue weighted by Gasteiger charge is 2.10. The van der Waals surface area contributed by atoms with Crippen molar-refractivity contribution in [1.29, 1.82) is 0 Å². The zero-order chi connectivity index (χ0) is 15.4. The van der Waals surface area contributed by atoms with Gasteiger partial charge in [-0.3, -0.25) is 0 Å². The smallest absolute Gasteiger partial charge is 0.248 e. The Morgan fingerprint density at radius 3 is 2.86 bits per heavy atom. The number of benzene rings is 1. The zero-order valence-corrected chi connectivity index (χ0v) is 12.4. The van der Waals surface area contributed by atoms with Crippen LogP contribution in [0.4, 0.5) is 0 Å². The zero-order valence-electron chi connectivity index (χ0n) is 11.7. The van der Waals surface area contributed by atoms with Gasteiger partial charge in [-0.05, 0) is 41.8 Å². The molecule has 3 rings (SSSR count). The van der Waals surface area contributed by atoms with E-state index in [1.807, 2.05) is 54.7 Å². The molecule has 112 valence electrons. The predicted molar refractivity (Wildman–Crippen MR) is 85.2 cm³/mol. The molecule has 3 aromatic rings. The van der Waals surface area contributed by atoms with Crippen LogP contribution in [0.2, 0.25) is 5.28 Å². The van der Waals surface area contributed by atoms with E-state index < -0.39 is 0 Å². The van der Waals surface area contributed by atoms with Crippen LogP contribution in [0.1, 0.15) is 12.0 Å². The van der Waals surface area contributed by atoms with Crippen LogP contribution in [0, 0.1) is 0 Å². The third-order valence-electron chi connectivity index (χ3n) is 2.99. The Labute approximate surface area is 132 Å². The Morgan fingerprint density at radius 1 is 1.27 bits per heavy atom. The number of aromatic nitrogens is 3. The fraction of sp³-hybridized carbons (Fsp3) is 0.125. The van der Waals surface area contributed by atoms with E-state index in [1.165, 1.54) is 0 Å². The largest absolute Gasteiger partial charge is 0.437 e. The molecule has 2 aromatic heterocycles. The number of ether oxygens (including phenoxy) is 1. The van der Waals surface area contributed by atoms with E-state index in [0.29, 0.717) is 18.1 Å². The Morgan fingerprint density at radius 2 is 2.09 bits per heavy atom. The highest BCUT2D eigenvalue weighted by molar-refractivity contribution is 6.28. The standard InChI is InChI=1S/C16H14ClN3O2/c17-16-18-15(22-13-7-2-1-3-8-13)14-10-12(6-4-5-9-21)11-20(14)19-16/h1-4,6-8,10-11,21H,5,9H2/b6-4+. The summed E-state index contributed by atoms with van der Waals surface area (Å²) in [4.78, 5) is 4.15. The summed E-state index contributed by atoms with van der Waals surface area (Å²) in [7, 11) is 0. The Balaban J connectivity index is 1.98. The third-order valence-corrected chi connectivity index (χ3v) is 3.15. The van der Waals surface area contributed by atoms with Gasteiger partial charge < -0.3 is 9.84 Å². The monoisotopic (exact) mass is 315 g/mol. The van der Waals surface area contributed by atoms with Gasteiger partial charge in [0, 0.05) is 12.8 Å². The molecule has 2 heterocycles. The number of aliphatic hydroxyl groups is 1. The number of para-hydroxylation sites is 1. The van der Waals surface area contributed by atoms with E-state index in [9.17, 15) is 0 Å². The molecule has 6 heteroatoms. The van der Waals surface area contributed by atoms with Gasteiger partial charge in [-0.15, -0.1) is 5.10 Å². The average Bonchev–Trinajstić information content (AvgIpc) is 2.91.